The highest BCUT2D eigenvalue weighted by atomic mass is 32.2. The summed E-state index contributed by atoms with van der Waals surface area (Å²) in [5.41, 5.74) is 0.987. The molecule has 0 aromatic heterocycles. The minimum atomic E-state index is -4.08. The summed E-state index contributed by atoms with van der Waals surface area (Å²) in [6.07, 6.45) is 3.00. The highest BCUT2D eigenvalue weighted by Gasteiger charge is 2.44. The summed E-state index contributed by atoms with van der Waals surface area (Å²) in [5, 5.41) is 0. The van der Waals surface area contributed by atoms with Gasteiger partial charge in [-0.3, -0.25) is 4.90 Å². The van der Waals surface area contributed by atoms with Gasteiger partial charge in [-0.25, -0.2) is 26.7 Å². The van der Waals surface area contributed by atoms with Crippen molar-refractivity contribution in [3.8, 4) is 0 Å². The lowest BCUT2D eigenvalue weighted by Crippen LogP contribution is -2.50. The van der Waals surface area contributed by atoms with Gasteiger partial charge in [0.2, 0.25) is 16.0 Å². The largest absolute Gasteiger partial charge is 0.453 e. The Hall–Kier alpha value is -1.78. The number of likely N-dealkylation sites (tertiary alicyclic amines) is 1. The fraction of sp³-hybridized carbons (Fsp3) is 0.667. The molecule has 1 amide bonds. The van der Waals surface area contributed by atoms with Gasteiger partial charge in [-0.15, -0.1) is 0 Å². The highest BCUT2D eigenvalue weighted by Crippen LogP contribution is 2.35. The predicted molar refractivity (Wildman–Crippen MR) is 111 cm³/mol. The number of nitrogens with zero attached hydrogens (tertiary/aromatic N) is 1. The summed E-state index contributed by atoms with van der Waals surface area (Å²) in [6, 6.07) is 3.61. The number of ether oxygens (including phenoxy) is 2. The molecule has 3 atom stereocenters. The Bertz CT molecular complexity index is 861. The van der Waals surface area contributed by atoms with E-state index >= 15 is 0 Å². The Morgan fingerprint density at radius 1 is 1.26 bits per heavy atom. The van der Waals surface area contributed by atoms with E-state index in [2.05, 4.69) is 4.72 Å². The molecular weight excluding hydrogens is 430 g/mol. The fourth-order valence-electron chi connectivity index (χ4n) is 4.72. The van der Waals surface area contributed by atoms with Crippen LogP contribution in [0.2, 0.25) is 0 Å². The number of alkyl halides is 1. The second kappa shape index (κ2) is 10.2. The van der Waals surface area contributed by atoms with E-state index in [4.69, 9.17) is 9.47 Å². The first-order chi connectivity index (χ1) is 14.7. The number of methoxy groups -OCH3 is 1. The molecule has 7 nitrogen and oxygen atoms in total. The number of halogens is 2. The summed E-state index contributed by atoms with van der Waals surface area (Å²) < 4.78 is 63.1. The summed E-state index contributed by atoms with van der Waals surface area (Å²) in [7, 11) is -2.82. The summed E-state index contributed by atoms with van der Waals surface area (Å²) >= 11 is 0. The molecule has 2 aliphatic rings. The normalized spacial score (nSPS) is 29.2. The SMILES string of the molecule is COC(=O)N1[C@H](C)C[C@H](NS(=O)(=O)CF)[C@@H]1CO[C@H]1CC[C@@H](c2cccc(F)c2)CC1. The number of nitrogens with one attached hydrogen (secondary N) is 1. The molecule has 1 aromatic rings. The highest BCUT2D eigenvalue weighted by molar-refractivity contribution is 7.89. The molecule has 1 saturated heterocycles. The number of sulfonamides is 1. The van der Waals surface area contributed by atoms with Gasteiger partial charge in [0, 0.05) is 12.1 Å². The van der Waals surface area contributed by atoms with E-state index in [0.29, 0.717) is 6.42 Å². The van der Waals surface area contributed by atoms with E-state index in [1.54, 1.807) is 19.1 Å². The number of carbonyl (C=O) groups is 1. The topological polar surface area (TPSA) is 84.9 Å². The van der Waals surface area contributed by atoms with E-state index in [9.17, 15) is 22.0 Å². The predicted octanol–water partition coefficient (Wildman–Crippen LogP) is 3.31. The Balaban J connectivity index is 1.61. The van der Waals surface area contributed by atoms with Crippen LogP contribution in [-0.4, -0.2) is 63.4 Å². The minimum Gasteiger partial charge on any atom is -0.453 e. The second-order valence-corrected chi connectivity index (χ2v) is 10.0. The maximum absolute atomic E-state index is 13.5. The van der Waals surface area contributed by atoms with E-state index in [1.807, 2.05) is 6.07 Å². The zero-order chi connectivity index (χ0) is 22.6. The quantitative estimate of drug-likeness (QED) is 0.675. The smallest absolute Gasteiger partial charge is 0.410 e. The molecule has 0 unspecified atom stereocenters. The molecular formula is C21H30F2N2O5S. The zero-order valence-corrected chi connectivity index (χ0v) is 18.6. The summed E-state index contributed by atoms with van der Waals surface area (Å²) in [5.74, 6) is 0.0358. The van der Waals surface area contributed by atoms with Crippen molar-refractivity contribution < 1.29 is 31.5 Å². The van der Waals surface area contributed by atoms with Gasteiger partial charge in [0.25, 0.3) is 0 Å². The summed E-state index contributed by atoms with van der Waals surface area (Å²) in [6.45, 7) is 1.91. The van der Waals surface area contributed by atoms with Gasteiger partial charge in [-0.05, 0) is 62.6 Å². The molecule has 0 spiro atoms. The maximum atomic E-state index is 13.5. The Labute approximate surface area is 182 Å². The molecule has 1 heterocycles. The third-order valence-electron chi connectivity index (χ3n) is 6.25. The zero-order valence-electron chi connectivity index (χ0n) is 17.8. The van der Waals surface area contributed by atoms with E-state index in [-0.39, 0.29) is 30.5 Å². The van der Waals surface area contributed by atoms with Crippen molar-refractivity contribution in [2.45, 2.75) is 69.2 Å². The number of rotatable bonds is 7. The van der Waals surface area contributed by atoms with Crippen molar-refractivity contribution >= 4 is 16.1 Å². The van der Waals surface area contributed by atoms with Crippen LogP contribution < -0.4 is 4.72 Å². The van der Waals surface area contributed by atoms with Crippen LogP contribution in [0.3, 0.4) is 0 Å². The number of hydrogen-bond donors (Lipinski definition) is 1. The second-order valence-electron chi connectivity index (χ2n) is 8.34. The van der Waals surface area contributed by atoms with Crippen molar-refractivity contribution in [3.05, 3.63) is 35.6 Å². The van der Waals surface area contributed by atoms with Gasteiger partial charge in [0.1, 0.15) is 5.82 Å². The monoisotopic (exact) mass is 460 g/mol. The van der Waals surface area contributed by atoms with Gasteiger partial charge in [0.05, 0.1) is 25.9 Å². The molecule has 1 N–H and O–H groups in total. The minimum absolute atomic E-state index is 0.0429. The van der Waals surface area contributed by atoms with E-state index in [1.165, 1.54) is 18.1 Å². The van der Waals surface area contributed by atoms with Gasteiger partial charge in [-0.1, -0.05) is 12.1 Å². The lowest BCUT2D eigenvalue weighted by Gasteiger charge is -2.33. The van der Waals surface area contributed by atoms with Gasteiger partial charge < -0.3 is 9.47 Å². The first kappa shape index (κ1) is 23.9. The maximum Gasteiger partial charge on any atom is 0.410 e. The van der Waals surface area contributed by atoms with Gasteiger partial charge in [0.15, 0.2) is 0 Å². The van der Waals surface area contributed by atoms with Crippen molar-refractivity contribution in [3.63, 3.8) is 0 Å². The Morgan fingerprint density at radius 3 is 2.58 bits per heavy atom. The standard InChI is InChI=1S/C21H30F2N2O5S/c1-14-10-19(24-31(27,28)13-22)20(25(14)21(26)29-2)12-30-18-8-6-15(7-9-18)16-4-3-5-17(23)11-16/h3-5,11,14-15,18-20,24H,6-10,12-13H2,1-2H3/t14-,15-,18+,19+,20+/m1/s1. The van der Waals surface area contributed by atoms with Crippen molar-refractivity contribution in [2.75, 3.05) is 19.7 Å². The van der Waals surface area contributed by atoms with Crippen LogP contribution >= 0.6 is 0 Å². The molecule has 31 heavy (non-hydrogen) atoms. The van der Waals surface area contributed by atoms with Crippen molar-refractivity contribution in [2.24, 2.45) is 0 Å². The number of hydrogen-bond acceptors (Lipinski definition) is 5. The molecule has 1 aliphatic carbocycles. The Kier molecular flexibility index (Phi) is 7.87. The van der Waals surface area contributed by atoms with Crippen LogP contribution in [0.5, 0.6) is 0 Å². The molecule has 3 rings (SSSR count). The van der Waals surface area contributed by atoms with Crippen LogP contribution in [0.15, 0.2) is 24.3 Å². The van der Waals surface area contributed by atoms with Crippen molar-refractivity contribution in [1.29, 1.82) is 0 Å². The van der Waals surface area contributed by atoms with Crippen LogP contribution in [0.25, 0.3) is 0 Å². The summed E-state index contributed by atoms with van der Waals surface area (Å²) in [4.78, 5) is 13.7. The van der Waals surface area contributed by atoms with Gasteiger partial charge in [-0.2, -0.15) is 0 Å². The van der Waals surface area contributed by atoms with E-state index in [0.717, 1.165) is 31.2 Å². The Morgan fingerprint density at radius 2 is 1.97 bits per heavy atom. The molecule has 1 saturated carbocycles. The van der Waals surface area contributed by atoms with E-state index < -0.39 is 34.2 Å². The first-order valence-electron chi connectivity index (χ1n) is 10.5. The number of benzene rings is 1. The first-order valence-corrected chi connectivity index (χ1v) is 12.2. The van der Waals surface area contributed by atoms with Crippen LogP contribution in [0.4, 0.5) is 13.6 Å². The molecule has 1 aromatic carbocycles. The molecule has 10 heteroatoms. The number of carbonyl (C=O) groups excluding carboxylic acids is 1. The molecule has 0 radical (unpaired) electrons. The lowest BCUT2D eigenvalue weighted by molar-refractivity contribution is -0.00862. The third-order valence-corrected chi connectivity index (χ3v) is 7.20. The molecule has 2 fully saturated rings. The van der Waals surface area contributed by atoms with Crippen LogP contribution in [-0.2, 0) is 19.5 Å². The molecule has 174 valence electrons. The van der Waals surface area contributed by atoms with Gasteiger partial charge >= 0.3 is 6.09 Å². The fourth-order valence-corrected chi connectivity index (χ4v) is 5.50. The van der Waals surface area contributed by atoms with Crippen LogP contribution in [0.1, 0.15) is 50.5 Å². The van der Waals surface area contributed by atoms with Crippen LogP contribution in [0, 0.1) is 5.82 Å². The van der Waals surface area contributed by atoms with Crippen molar-refractivity contribution in [1.82, 2.24) is 9.62 Å². The average Bonchev–Trinajstić information content (AvgIpc) is 3.06. The third kappa shape index (κ3) is 5.93. The average molecular weight is 461 g/mol. The molecule has 0 bridgehead atoms. The number of amides is 1. The molecule has 1 aliphatic heterocycles. The lowest BCUT2D eigenvalue weighted by atomic mass is 9.82.